The van der Waals surface area contributed by atoms with Crippen LogP contribution in [0.15, 0.2) is 72.8 Å². The average Bonchev–Trinajstić information content (AvgIpc) is 2.69. The Morgan fingerprint density at radius 3 is 2.46 bits per heavy atom. The molecule has 1 unspecified atom stereocenters. The Hall–Kier alpha value is -3.31. The zero-order valence-corrected chi connectivity index (χ0v) is 13.6. The third-order valence-electron chi connectivity index (χ3n) is 3.80. The van der Waals surface area contributed by atoms with Crippen LogP contribution in [0.2, 0.25) is 0 Å². The molecule has 0 saturated carbocycles. The van der Waals surface area contributed by atoms with E-state index in [0.717, 1.165) is 6.07 Å². The Morgan fingerprint density at radius 1 is 1.00 bits per heavy atom. The van der Waals surface area contributed by atoms with Crippen molar-refractivity contribution in [3.63, 3.8) is 0 Å². The second-order valence-corrected chi connectivity index (χ2v) is 5.62. The summed E-state index contributed by atoms with van der Waals surface area (Å²) < 4.78 is 19.4. The predicted octanol–water partition coefficient (Wildman–Crippen LogP) is 4.35. The molecule has 1 atom stereocenters. The molecule has 0 aliphatic heterocycles. The first-order chi connectivity index (χ1) is 12.6. The van der Waals surface area contributed by atoms with Gasteiger partial charge in [-0.15, -0.1) is 0 Å². The fourth-order valence-electron chi connectivity index (χ4n) is 2.46. The van der Waals surface area contributed by atoms with E-state index in [1.807, 2.05) is 0 Å². The van der Waals surface area contributed by atoms with Crippen LogP contribution >= 0.6 is 0 Å². The lowest BCUT2D eigenvalue weighted by Crippen LogP contribution is -2.12. The van der Waals surface area contributed by atoms with Crippen molar-refractivity contribution >= 4 is 12.1 Å². The van der Waals surface area contributed by atoms with Gasteiger partial charge >= 0.3 is 0 Å². The molecule has 0 aliphatic carbocycles. The highest BCUT2D eigenvalue weighted by Crippen LogP contribution is 2.28. The molecule has 3 aromatic rings. The largest absolute Gasteiger partial charge is 0.454 e. The smallest absolute Gasteiger partial charge is 0.195 e. The van der Waals surface area contributed by atoms with Gasteiger partial charge in [-0.2, -0.15) is 0 Å². The van der Waals surface area contributed by atoms with Gasteiger partial charge in [0.05, 0.1) is 0 Å². The first-order valence-electron chi connectivity index (χ1n) is 7.88. The number of aliphatic hydroxyl groups excluding tert-OH is 1. The zero-order valence-electron chi connectivity index (χ0n) is 13.6. The highest BCUT2D eigenvalue weighted by Gasteiger charge is 2.19. The van der Waals surface area contributed by atoms with E-state index >= 15 is 0 Å². The number of aliphatic hydroxyl groups is 1. The zero-order chi connectivity index (χ0) is 18.5. The van der Waals surface area contributed by atoms with Crippen LogP contribution in [-0.4, -0.2) is 17.2 Å². The highest BCUT2D eigenvalue weighted by atomic mass is 19.1. The van der Waals surface area contributed by atoms with Crippen LogP contribution in [0.4, 0.5) is 4.39 Å². The second-order valence-electron chi connectivity index (χ2n) is 5.62. The van der Waals surface area contributed by atoms with Crippen LogP contribution < -0.4 is 4.74 Å². The van der Waals surface area contributed by atoms with Gasteiger partial charge in [0.25, 0.3) is 0 Å². The van der Waals surface area contributed by atoms with E-state index in [4.69, 9.17) is 4.74 Å². The first-order valence-corrected chi connectivity index (χ1v) is 7.88. The molecule has 0 fully saturated rings. The van der Waals surface area contributed by atoms with Crippen molar-refractivity contribution in [2.75, 3.05) is 0 Å². The molecule has 3 rings (SSSR count). The summed E-state index contributed by atoms with van der Waals surface area (Å²) in [6.45, 7) is 0. The molecule has 0 saturated heterocycles. The number of ether oxygens (including phenoxy) is 1. The molecular weight excluding hydrogens is 335 g/mol. The molecule has 0 spiro atoms. The van der Waals surface area contributed by atoms with Crippen LogP contribution in [-0.2, 0) is 0 Å². The lowest BCUT2D eigenvalue weighted by Gasteiger charge is -2.12. The number of aldehydes is 1. The van der Waals surface area contributed by atoms with E-state index in [1.165, 1.54) is 18.2 Å². The summed E-state index contributed by atoms with van der Waals surface area (Å²) in [6, 6.07) is 18.5. The molecule has 3 aromatic carbocycles. The molecule has 130 valence electrons. The minimum absolute atomic E-state index is 0.0587. The van der Waals surface area contributed by atoms with E-state index < -0.39 is 17.7 Å². The Bertz CT molecular complexity index is 938. The highest BCUT2D eigenvalue weighted by molar-refractivity contribution is 5.99. The number of benzene rings is 3. The lowest BCUT2D eigenvalue weighted by molar-refractivity contribution is 0.0747. The van der Waals surface area contributed by atoms with Crippen molar-refractivity contribution in [3.8, 4) is 11.5 Å². The number of hydrogen-bond acceptors (Lipinski definition) is 4. The number of carbonyl (C=O) groups is 2. The van der Waals surface area contributed by atoms with Crippen LogP contribution in [0.5, 0.6) is 11.5 Å². The number of ketones is 1. The van der Waals surface area contributed by atoms with E-state index in [0.29, 0.717) is 17.4 Å². The van der Waals surface area contributed by atoms with Crippen LogP contribution in [0.3, 0.4) is 0 Å². The summed E-state index contributed by atoms with van der Waals surface area (Å²) in [5, 5.41) is 10.3. The maximum atomic E-state index is 13.9. The van der Waals surface area contributed by atoms with Crippen LogP contribution in [0.1, 0.15) is 32.4 Å². The van der Waals surface area contributed by atoms with E-state index in [-0.39, 0.29) is 17.1 Å². The summed E-state index contributed by atoms with van der Waals surface area (Å²) in [7, 11) is 0. The van der Waals surface area contributed by atoms with Gasteiger partial charge in [-0.1, -0.05) is 42.5 Å². The third-order valence-corrected chi connectivity index (χ3v) is 3.80. The molecule has 0 bridgehead atoms. The monoisotopic (exact) mass is 350 g/mol. The minimum atomic E-state index is -1.36. The topological polar surface area (TPSA) is 63.6 Å². The van der Waals surface area contributed by atoms with Crippen molar-refractivity contribution in [1.29, 1.82) is 0 Å². The molecule has 0 radical (unpaired) electrons. The quantitative estimate of drug-likeness (QED) is 0.530. The van der Waals surface area contributed by atoms with Gasteiger partial charge in [-0.25, -0.2) is 4.39 Å². The van der Waals surface area contributed by atoms with Crippen molar-refractivity contribution in [2.45, 2.75) is 6.10 Å². The molecule has 5 heteroatoms. The van der Waals surface area contributed by atoms with Crippen molar-refractivity contribution in [2.24, 2.45) is 0 Å². The van der Waals surface area contributed by atoms with Crippen LogP contribution in [0, 0.1) is 5.82 Å². The van der Waals surface area contributed by atoms with Gasteiger partial charge < -0.3 is 9.84 Å². The molecule has 0 heterocycles. The average molecular weight is 350 g/mol. The Kier molecular flexibility index (Phi) is 5.20. The Balaban J connectivity index is 1.82. The normalized spacial score (nSPS) is 11.6. The third kappa shape index (κ3) is 3.84. The van der Waals surface area contributed by atoms with E-state index in [1.54, 1.807) is 48.5 Å². The fourth-order valence-corrected chi connectivity index (χ4v) is 2.46. The lowest BCUT2D eigenvalue weighted by atomic mass is 10.00. The van der Waals surface area contributed by atoms with Gasteiger partial charge in [0.15, 0.2) is 17.3 Å². The SMILES string of the molecule is O=Cc1ccc(Oc2cccc(C(O)C(=O)c3ccccc3)c2)c(F)c1. The molecule has 4 nitrogen and oxygen atoms in total. The number of hydrogen-bond donors (Lipinski definition) is 1. The summed E-state index contributed by atoms with van der Waals surface area (Å²) >= 11 is 0. The maximum absolute atomic E-state index is 13.9. The molecule has 0 aromatic heterocycles. The summed E-state index contributed by atoms with van der Waals surface area (Å²) in [5.41, 5.74) is 0.926. The fraction of sp³-hybridized carbons (Fsp3) is 0.0476. The Labute approximate surface area is 149 Å². The summed E-state index contributed by atoms with van der Waals surface area (Å²) in [4.78, 5) is 23.0. The maximum Gasteiger partial charge on any atom is 0.195 e. The second kappa shape index (κ2) is 7.72. The van der Waals surface area contributed by atoms with Gasteiger partial charge in [-0.3, -0.25) is 9.59 Å². The summed E-state index contributed by atoms with van der Waals surface area (Å²) in [6.07, 6.45) is -0.817. The molecule has 0 amide bonds. The first kappa shape index (κ1) is 17.5. The van der Waals surface area contributed by atoms with E-state index in [2.05, 4.69) is 0 Å². The number of carbonyl (C=O) groups excluding carboxylic acids is 2. The molecular formula is C21H15FO4. The minimum Gasteiger partial charge on any atom is -0.454 e. The molecule has 1 N–H and O–H groups in total. The Morgan fingerprint density at radius 2 is 1.77 bits per heavy atom. The van der Waals surface area contributed by atoms with Gasteiger partial charge in [0, 0.05) is 11.1 Å². The number of halogens is 1. The molecule has 26 heavy (non-hydrogen) atoms. The van der Waals surface area contributed by atoms with Gasteiger partial charge in [-0.05, 0) is 35.9 Å². The number of rotatable bonds is 6. The van der Waals surface area contributed by atoms with E-state index in [9.17, 15) is 19.1 Å². The summed E-state index contributed by atoms with van der Waals surface area (Å²) in [5.74, 6) is -0.915. The number of Topliss-reactive ketones (excluding diaryl/α,β-unsaturated/α-hetero) is 1. The van der Waals surface area contributed by atoms with Crippen molar-refractivity contribution in [1.82, 2.24) is 0 Å². The standard InChI is InChI=1S/C21H15FO4/c22-18-11-14(13-23)9-10-19(18)26-17-8-4-7-16(12-17)21(25)20(24)15-5-2-1-3-6-15/h1-13,21,25H. The van der Waals surface area contributed by atoms with Crippen molar-refractivity contribution < 1.29 is 23.8 Å². The molecule has 0 aliphatic rings. The van der Waals surface area contributed by atoms with Gasteiger partial charge in [0.1, 0.15) is 18.1 Å². The van der Waals surface area contributed by atoms with Gasteiger partial charge in [0.2, 0.25) is 0 Å². The van der Waals surface area contributed by atoms with Crippen LogP contribution in [0.25, 0.3) is 0 Å². The predicted molar refractivity (Wildman–Crippen MR) is 94.0 cm³/mol. The van der Waals surface area contributed by atoms with Crippen molar-refractivity contribution in [3.05, 3.63) is 95.3 Å².